The van der Waals surface area contributed by atoms with E-state index in [4.69, 9.17) is 10.5 Å². The van der Waals surface area contributed by atoms with Crippen LogP contribution in [0.4, 0.5) is 10.5 Å². The van der Waals surface area contributed by atoms with Gasteiger partial charge in [-0.25, -0.2) is 4.79 Å². The molecule has 0 saturated carbocycles. The maximum absolute atomic E-state index is 12.4. The first-order chi connectivity index (χ1) is 15.5. The minimum absolute atomic E-state index is 0.0277. The number of ether oxygens (including phenoxy) is 1. The molecule has 3 rings (SSSR count). The summed E-state index contributed by atoms with van der Waals surface area (Å²) in [6, 6.07) is 15.5. The zero-order chi connectivity index (χ0) is 22.8. The van der Waals surface area contributed by atoms with Crippen molar-refractivity contribution in [2.24, 2.45) is 11.7 Å². The van der Waals surface area contributed by atoms with Crippen LogP contribution in [-0.4, -0.2) is 43.0 Å². The number of amides is 3. The highest BCUT2D eigenvalue weighted by atomic mass is 16.5. The number of anilines is 1. The Balaban J connectivity index is 1.37. The van der Waals surface area contributed by atoms with Crippen molar-refractivity contribution in [3.05, 3.63) is 59.7 Å². The van der Waals surface area contributed by atoms with Crippen molar-refractivity contribution in [2.75, 3.05) is 31.5 Å². The lowest BCUT2D eigenvalue weighted by atomic mass is 9.96. The van der Waals surface area contributed by atoms with Gasteiger partial charge in [-0.05, 0) is 75.5 Å². The number of nitrogens with two attached hydrogens (primary N) is 1. The zero-order valence-corrected chi connectivity index (χ0v) is 18.8. The number of carbonyl (C=O) groups excluding carboxylic acids is 2. The van der Waals surface area contributed by atoms with Crippen LogP contribution in [0.25, 0.3) is 0 Å². The fraction of sp³-hybridized carbons (Fsp3) is 0.440. The van der Waals surface area contributed by atoms with E-state index >= 15 is 0 Å². The number of aryl methyl sites for hydroxylation is 1. The molecule has 0 bridgehead atoms. The molecule has 32 heavy (non-hydrogen) atoms. The van der Waals surface area contributed by atoms with Crippen molar-refractivity contribution in [1.82, 2.24) is 10.2 Å². The van der Waals surface area contributed by atoms with E-state index in [1.54, 1.807) is 0 Å². The lowest BCUT2D eigenvalue weighted by Gasteiger charge is -2.30. The Morgan fingerprint density at radius 3 is 2.56 bits per heavy atom. The SMILES string of the molecule is Cc1ccc(NC(=O)NCCCCN2CCC(C(N)=O)CC2)c(OCc2ccccc2)c1. The maximum Gasteiger partial charge on any atom is 0.319 e. The molecule has 0 atom stereocenters. The van der Waals surface area contributed by atoms with Gasteiger partial charge in [0.05, 0.1) is 5.69 Å². The van der Waals surface area contributed by atoms with E-state index in [1.807, 2.05) is 55.5 Å². The average Bonchev–Trinajstić information content (AvgIpc) is 2.80. The second-order valence-corrected chi connectivity index (χ2v) is 8.38. The van der Waals surface area contributed by atoms with Gasteiger partial charge in [-0.1, -0.05) is 36.4 Å². The number of urea groups is 1. The highest BCUT2D eigenvalue weighted by Crippen LogP contribution is 2.26. The van der Waals surface area contributed by atoms with E-state index in [0.29, 0.717) is 24.6 Å². The molecule has 0 aliphatic carbocycles. The predicted octanol–water partition coefficient (Wildman–Crippen LogP) is 3.67. The van der Waals surface area contributed by atoms with Crippen LogP contribution in [0, 0.1) is 12.8 Å². The molecule has 1 fully saturated rings. The number of rotatable bonds is 10. The van der Waals surface area contributed by atoms with Gasteiger partial charge in [-0.15, -0.1) is 0 Å². The molecule has 0 unspecified atom stereocenters. The smallest absolute Gasteiger partial charge is 0.319 e. The largest absolute Gasteiger partial charge is 0.487 e. The molecule has 1 heterocycles. The normalized spacial score (nSPS) is 14.7. The van der Waals surface area contributed by atoms with Crippen LogP contribution in [0.1, 0.15) is 36.8 Å². The van der Waals surface area contributed by atoms with Gasteiger partial charge < -0.3 is 26.0 Å². The Bertz CT molecular complexity index is 880. The van der Waals surface area contributed by atoms with Crippen LogP contribution in [0.5, 0.6) is 5.75 Å². The molecule has 1 aliphatic rings. The lowest BCUT2D eigenvalue weighted by Crippen LogP contribution is -2.39. The molecule has 3 amide bonds. The number of unbranched alkanes of at least 4 members (excludes halogenated alkanes) is 1. The van der Waals surface area contributed by atoms with Gasteiger partial charge in [0, 0.05) is 12.5 Å². The molecule has 172 valence electrons. The van der Waals surface area contributed by atoms with Crippen LogP contribution in [0.15, 0.2) is 48.5 Å². The topological polar surface area (TPSA) is 96.7 Å². The minimum atomic E-state index is -0.235. The van der Waals surface area contributed by atoms with Crippen molar-refractivity contribution >= 4 is 17.6 Å². The summed E-state index contributed by atoms with van der Waals surface area (Å²) in [5.74, 6) is 0.505. The molecule has 0 radical (unpaired) electrons. The Kier molecular flexibility index (Phi) is 8.92. The standard InChI is InChI=1S/C25H34N4O3/c1-19-9-10-22(23(17-19)32-18-20-7-3-2-4-8-20)28-25(31)27-13-5-6-14-29-15-11-21(12-16-29)24(26)30/h2-4,7-10,17,21H,5-6,11-16,18H2,1H3,(H2,26,30)(H2,27,28,31). The van der Waals surface area contributed by atoms with Gasteiger partial charge in [-0.3, -0.25) is 4.79 Å². The van der Waals surface area contributed by atoms with Crippen molar-refractivity contribution < 1.29 is 14.3 Å². The third-order valence-corrected chi connectivity index (χ3v) is 5.80. The number of benzene rings is 2. The van der Waals surface area contributed by atoms with Crippen molar-refractivity contribution in [1.29, 1.82) is 0 Å². The molecule has 0 aromatic heterocycles. The van der Waals surface area contributed by atoms with Crippen LogP contribution in [-0.2, 0) is 11.4 Å². The summed E-state index contributed by atoms with van der Waals surface area (Å²) < 4.78 is 5.96. The van der Waals surface area contributed by atoms with Crippen molar-refractivity contribution in [2.45, 2.75) is 39.2 Å². The van der Waals surface area contributed by atoms with E-state index in [9.17, 15) is 9.59 Å². The molecule has 1 saturated heterocycles. The summed E-state index contributed by atoms with van der Waals surface area (Å²) in [5.41, 5.74) is 8.18. The van der Waals surface area contributed by atoms with Crippen LogP contribution in [0.2, 0.25) is 0 Å². The third kappa shape index (κ3) is 7.57. The summed E-state index contributed by atoms with van der Waals surface area (Å²) in [4.78, 5) is 26.0. The summed E-state index contributed by atoms with van der Waals surface area (Å²) in [7, 11) is 0. The molecule has 2 aromatic carbocycles. The summed E-state index contributed by atoms with van der Waals surface area (Å²) >= 11 is 0. The van der Waals surface area contributed by atoms with E-state index in [1.165, 1.54) is 0 Å². The van der Waals surface area contributed by atoms with E-state index in [-0.39, 0.29) is 17.9 Å². The second kappa shape index (κ2) is 12.1. The first kappa shape index (κ1) is 23.6. The Morgan fingerprint density at radius 2 is 1.84 bits per heavy atom. The van der Waals surface area contributed by atoms with E-state index < -0.39 is 0 Å². The Hall–Kier alpha value is -3.06. The third-order valence-electron chi connectivity index (χ3n) is 5.80. The second-order valence-electron chi connectivity index (χ2n) is 8.38. The summed E-state index contributed by atoms with van der Waals surface area (Å²) in [6.45, 7) is 5.86. The fourth-order valence-electron chi connectivity index (χ4n) is 3.86. The quantitative estimate of drug-likeness (QED) is 0.493. The van der Waals surface area contributed by atoms with Gasteiger partial charge in [-0.2, -0.15) is 0 Å². The molecular formula is C25H34N4O3. The van der Waals surface area contributed by atoms with Gasteiger partial charge >= 0.3 is 6.03 Å². The number of nitrogens with one attached hydrogen (secondary N) is 2. The number of hydrogen-bond acceptors (Lipinski definition) is 4. The lowest BCUT2D eigenvalue weighted by molar-refractivity contribution is -0.123. The van der Waals surface area contributed by atoms with E-state index in [0.717, 1.165) is 56.4 Å². The number of nitrogens with zero attached hydrogens (tertiary/aromatic N) is 1. The Labute approximate surface area is 190 Å². The molecular weight excluding hydrogens is 404 g/mol. The average molecular weight is 439 g/mol. The van der Waals surface area contributed by atoms with E-state index in [2.05, 4.69) is 15.5 Å². The molecule has 1 aliphatic heterocycles. The van der Waals surface area contributed by atoms with Crippen LogP contribution >= 0.6 is 0 Å². The molecule has 7 heteroatoms. The molecule has 7 nitrogen and oxygen atoms in total. The van der Waals surface area contributed by atoms with Crippen molar-refractivity contribution in [3.63, 3.8) is 0 Å². The number of primary amides is 1. The zero-order valence-electron chi connectivity index (χ0n) is 18.8. The monoisotopic (exact) mass is 438 g/mol. The minimum Gasteiger partial charge on any atom is -0.487 e. The van der Waals surface area contributed by atoms with Crippen molar-refractivity contribution in [3.8, 4) is 5.75 Å². The van der Waals surface area contributed by atoms with Gasteiger partial charge in [0.1, 0.15) is 12.4 Å². The number of likely N-dealkylation sites (tertiary alicyclic amines) is 1. The summed E-state index contributed by atoms with van der Waals surface area (Å²) in [6.07, 6.45) is 3.59. The van der Waals surface area contributed by atoms with Crippen LogP contribution in [0.3, 0.4) is 0 Å². The predicted molar refractivity (Wildman–Crippen MR) is 127 cm³/mol. The van der Waals surface area contributed by atoms with Gasteiger partial charge in [0.15, 0.2) is 0 Å². The summed E-state index contributed by atoms with van der Waals surface area (Å²) in [5, 5.41) is 5.82. The fourth-order valence-corrected chi connectivity index (χ4v) is 3.86. The number of hydrogen-bond donors (Lipinski definition) is 3. The molecule has 2 aromatic rings. The first-order valence-corrected chi connectivity index (χ1v) is 11.3. The highest BCUT2D eigenvalue weighted by molar-refractivity contribution is 5.90. The van der Waals surface area contributed by atoms with Crippen LogP contribution < -0.4 is 21.1 Å². The van der Waals surface area contributed by atoms with Gasteiger partial charge in [0.25, 0.3) is 0 Å². The maximum atomic E-state index is 12.4. The highest BCUT2D eigenvalue weighted by Gasteiger charge is 2.22. The molecule has 0 spiro atoms. The first-order valence-electron chi connectivity index (χ1n) is 11.3. The number of carbonyl (C=O) groups is 2. The number of piperidine rings is 1. The Morgan fingerprint density at radius 1 is 1.09 bits per heavy atom. The van der Waals surface area contributed by atoms with Gasteiger partial charge in [0.2, 0.25) is 5.91 Å². The molecule has 4 N–H and O–H groups in total.